The number of hydrogen-bond donors (Lipinski definition) is 3. The number of carboxylic acids is 1. The van der Waals surface area contributed by atoms with Gasteiger partial charge in [-0.25, -0.2) is 4.98 Å². The normalized spacial score (nSPS) is 10.3. The van der Waals surface area contributed by atoms with Crippen LogP contribution in [0.4, 0.5) is 15.8 Å². The van der Waals surface area contributed by atoms with Crippen LogP contribution in [0.2, 0.25) is 0 Å². The summed E-state index contributed by atoms with van der Waals surface area (Å²) in [5.41, 5.74) is 0.332. The fourth-order valence-corrected chi connectivity index (χ4v) is 2.92. The molecule has 0 aliphatic carbocycles. The van der Waals surface area contributed by atoms with Gasteiger partial charge in [0.2, 0.25) is 5.91 Å². The highest BCUT2D eigenvalue weighted by atomic mass is 32.1. The summed E-state index contributed by atoms with van der Waals surface area (Å²) in [6.45, 7) is 1.82. The number of carbonyl (C=O) groups is 3. The number of nitrogens with zero attached hydrogens (tertiary/aromatic N) is 2. The summed E-state index contributed by atoms with van der Waals surface area (Å²) in [7, 11) is 0. The lowest BCUT2D eigenvalue weighted by atomic mass is 10.0. The van der Waals surface area contributed by atoms with Crippen molar-refractivity contribution in [3.8, 4) is 0 Å². The summed E-state index contributed by atoms with van der Waals surface area (Å²) < 4.78 is 0. The molecule has 0 radical (unpaired) electrons. The van der Waals surface area contributed by atoms with Gasteiger partial charge in [0.1, 0.15) is 6.20 Å². The second kappa shape index (κ2) is 8.85. The first kappa shape index (κ1) is 20.0. The minimum Gasteiger partial charge on any atom is -0.481 e. The van der Waals surface area contributed by atoms with Gasteiger partial charge in [-0.2, -0.15) is 0 Å². The SMILES string of the molecule is CCCC(=O)Nc1cccc(CC(=O)O)c1C(=O)Nc1ncc([N+](=O)[O-])s1. The number of aromatic nitrogens is 1. The number of nitro groups is 1. The average Bonchev–Trinajstić information content (AvgIpc) is 3.03. The van der Waals surface area contributed by atoms with E-state index in [1.807, 2.05) is 6.92 Å². The Bertz CT molecular complexity index is 895. The van der Waals surface area contributed by atoms with Crippen LogP contribution < -0.4 is 10.6 Å². The predicted molar refractivity (Wildman–Crippen MR) is 98.0 cm³/mol. The molecule has 0 spiro atoms. The molecular formula is C16H16N4O6S. The zero-order valence-corrected chi connectivity index (χ0v) is 15.0. The Hall–Kier alpha value is -3.34. The molecule has 0 fully saturated rings. The van der Waals surface area contributed by atoms with E-state index in [1.54, 1.807) is 0 Å². The van der Waals surface area contributed by atoms with E-state index in [1.165, 1.54) is 18.2 Å². The standard InChI is InChI=1S/C16H16N4O6S/c1-2-4-11(21)18-10-6-3-5-9(7-13(22)23)14(10)15(24)19-16-17-8-12(27-16)20(25)26/h3,5-6,8H,2,4,7H2,1H3,(H,18,21)(H,22,23)(H,17,19,24). The van der Waals surface area contributed by atoms with Crippen LogP contribution in [0.25, 0.3) is 0 Å². The number of amides is 2. The number of nitrogens with one attached hydrogen (secondary N) is 2. The number of benzene rings is 1. The highest BCUT2D eigenvalue weighted by Crippen LogP contribution is 2.27. The third-order valence-corrected chi connectivity index (χ3v) is 4.23. The van der Waals surface area contributed by atoms with Crippen molar-refractivity contribution >= 4 is 44.9 Å². The zero-order chi connectivity index (χ0) is 20.0. The van der Waals surface area contributed by atoms with Crippen LogP contribution in [-0.4, -0.2) is 32.8 Å². The molecule has 0 aliphatic heterocycles. The van der Waals surface area contributed by atoms with Gasteiger partial charge in [0.25, 0.3) is 5.91 Å². The van der Waals surface area contributed by atoms with Crippen molar-refractivity contribution in [2.45, 2.75) is 26.2 Å². The number of carbonyl (C=O) groups excluding carboxylic acids is 2. The maximum atomic E-state index is 12.7. The van der Waals surface area contributed by atoms with Crippen LogP contribution in [0.15, 0.2) is 24.4 Å². The van der Waals surface area contributed by atoms with Crippen LogP contribution >= 0.6 is 11.3 Å². The van der Waals surface area contributed by atoms with Crippen molar-refractivity contribution in [1.82, 2.24) is 4.98 Å². The lowest BCUT2D eigenvalue weighted by Gasteiger charge is -2.14. The van der Waals surface area contributed by atoms with Gasteiger partial charge in [-0.15, -0.1) is 0 Å². The number of rotatable bonds is 8. The molecule has 0 unspecified atom stereocenters. The maximum Gasteiger partial charge on any atom is 0.345 e. The molecule has 10 nitrogen and oxygen atoms in total. The monoisotopic (exact) mass is 392 g/mol. The molecule has 0 bridgehead atoms. The minimum absolute atomic E-state index is 0.0114. The van der Waals surface area contributed by atoms with Gasteiger partial charge in [-0.1, -0.05) is 19.1 Å². The van der Waals surface area contributed by atoms with Crippen molar-refractivity contribution in [3.63, 3.8) is 0 Å². The first-order valence-corrected chi connectivity index (χ1v) is 8.68. The van der Waals surface area contributed by atoms with E-state index in [-0.39, 0.29) is 39.3 Å². The second-order valence-electron chi connectivity index (χ2n) is 5.42. The smallest absolute Gasteiger partial charge is 0.345 e. The van der Waals surface area contributed by atoms with E-state index in [0.29, 0.717) is 17.8 Å². The molecule has 2 aromatic rings. The number of hydrogen-bond acceptors (Lipinski definition) is 7. The summed E-state index contributed by atoms with van der Waals surface area (Å²) in [5, 5.41) is 24.6. The lowest BCUT2D eigenvalue weighted by Crippen LogP contribution is -2.20. The molecule has 1 aromatic carbocycles. The predicted octanol–water partition coefficient (Wildman–Crippen LogP) is 2.67. The van der Waals surface area contributed by atoms with E-state index < -0.39 is 23.2 Å². The van der Waals surface area contributed by atoms with Gasteiger partial charge < -0.3 is 10.4 Å². The molecule has 0 saturated heterocycles. The number of carboxylic acid groups (broad SMARTS) is 1. The van der Waals surface area contributed by atoms with Crippen molar-refractivity contribution in [1.29, 1.82) is 0 Å². The lowest BCUT2D eigenvalue weighted by molar-refractivity contribution is -0.380. The molecule has 0 saturated carbocycles. The van der Waals surface area contributed by atoms with Crippen molar-refractivity contribution in [2.24, 2.45) is 0 Å². The Kier molecular flexibility index (Phi) is 6.55. The van der Waals surface area contributed by atoms with E-state index in [9.17, 15) is 24.5 Å². The third kappa shape index (κ3) is 5.31. The summed E-state index contributed by atoms with van der Waals surface area (Å²) in [6, 6.07) is 4.48. The van der Waals surface area contributed by atoms with E-state index in [4.69, 9.17) is 5.11 Å². The van der Waals surface area contributed by atoms with Gasteiger partial charge in [-0.3, -0.25) is 29.8 Å². The number of thiazole rings is 1. The summed E-state index contributed by atoms with van der Waals surface area (Å²) in [5.74, 6) is -2.18. The molecule has 2 amide bonds. The van der Waals surface area contributed by atoms with Crippen LogP contribution in [0, 0.1) is 10.1 Å². The Morgan fingerprint density at radius 2 is 2.04 bits per heavy atom. The summed E-state index contributed by atoms with van der Waals surface area (Å²) in [4.78, 5) is 49.6. The van der Waals surface area contributed by atoms with Crippen molar-refractivity contribution in [2.75, 3.05) is 10.6 Å². The van der Waals surface area contributed by atoms with E-state index in [0.717, 1.165) is 6.20 Å². The zero-order valence-electron chi connectivity index (χ0n) is 14.2. The van der Waals surface area contributed by atoms with Crippen LogP contribution in [0.5, 0.6) is 0 Å². The Morgan fingerprint density at radius 3 is 2.63 bits per heavy atom. The summed E-state index contributed by atoms with van der Waals surface area (Å²) >= 11 is 0.666. The van der Waals surface area contributed by atoms with Gasteiger partial charge in [0, 0.05) is 6.42 Å². The fourth-order valence-electron chi connectivity index (χ4n) is 2.29. The van der Waals surface area contributed by atoms with Crippen molar-refractivity contribution in [3.05, 3.63) is 45.6 Å². The van der Waals surface area contributed by atoms with Crippen molar-refractivity contribution < 1.29 is 24.4 Å². The molecule has 27 heavy (non-hydrogen) atoms. The molecule has 0 aliphatic rings. The molecule has 142 valence electrons. The average molecular weight is 392 g/mol. The van der Waals surface area contributed by atoms with Gasteiger partial charge in [-0.05, 0) is 29.4 Å². The maximum absolute atomic E-state index is 12.7. The number of anilines is 2. The number of aliphatic carboxylic acids is 1. The Labute approximate surface area is 157 Å². The molecule has 1 aromatic heterocycles. The molecule has 1 heterocycles. The molecule has 2 rings (SSSR count). The quantitative estimate of drug-likeness (QED) is 0.461. The largest absolute Gasteiger partial charge is 0.481 e. The van der Waals surface area contributed by atoms with Crippen LogP contribution in [0.3, 0.4) is 0 Å². The van der Waals surface area contributed by atoms with E-state index >= 15 is 0 Å². The first-order valence-electron chi connectivity index (χ1n) is 7.87. The second-order valence-corrected chi connectivity index (χ2v) is 6.43. The first-order chi connectivity index (χ1) is 12.8. The molecular weight excluding hydrogens is 376 g/mol. The highest BCUT2D eigenvalue weighted by Gasteiger charge is 2.21. The minimum atomic E-state index is -1.15. The van der Waals surface area contributed by atoms with Gasteiger partial charge in [0.15, 0.2) is 5.13 Å². The fraction of sp³-hybridized carbons (Fsp3) is 0.250. The molecule has 3 N–H and O–H groups in total. The molecule has 0 atom stereocenters. The third-order valence-electron chi connectivity index (χ3n) is 3.36. The Morgan fingerprint density at radius 1 is 1.30 bits per heavy atom. The highest BCUT2D eigenvalue weighted by molar-refractivity contribution is 7.18. The Balaban J connectivity index is 2.36. The molecule has 11 heteroatoms. The van der Waals surface area contributed by atoms with Gasteiger partial charge in [0.05, 0.1) is 22.6 Å². The van der Waals surface area contributed by atoms with Gasteiger partial charge >= 0.3 is 11.0 Å². The van der Waals surface area contributed by atoms with E-state index in [2.05, 4.69) is 15.6 Å². The van der Waals surface area contributed by atoms with Crippen LogP contribution in [-0.2, 0) is 16.0 Å². The topological polar surface area (TPSA) is 152 Å². The summed E-state index contributed by atoms with van der Waals surface area (Å²) in [6.07, 6.45) is 1.42. The van der Waals surface area contributed by atoms with Crippen LogP contribution in [0.1, 0.15) is 35.7 Å².